The molecule has 0 radical (unpaired) electrons. The molecule has 0 aliphatic heterocycles. The topological polar surface area (TPSA) is 71.4 Å². The number of carboxylic acid groups (broad SMARTS) is 1. The summed E-state index contributed by atoms with van der Waals surface area (Å²) in [5.74, 6) is -1.31. The van der Waals surface area contributed by atoms with Gasteiger partial charge in [0.15, 0.2) is 4.75 Å². The van der Waals surface area contributed by atoms with E-state index in [1.165, 1.54) is 13.0 Å². The van der Waals surface area contributed by atoms with Crippen LogP contribution in [0.5, 0.6) is 0 Å². The van der Waals surface area contributed by atoms with Crippen molar-refractivity contribution in [3.05, 3.63) is 17.5 Å². The summed E-state index contributed by atoms with van der Waals surface area (Å²) in [7, 11) is -3.79. The lowest BCUT2D eigenvalue weighted by atomic mass is 10.1. The minimum absolute atomic E-state index is 0.0442. The van der Waals surface area contributed by atoms with E-state index in [4.69, 9.17) is 5.11 Å². The molecule has 0 aliphatic carbocycles. The van der Waals surface area contributed by atoms with E-state index in [9.17, 15) is 13.2 Å². The van der Waals surface area contributed by atoms with Gasteiger partial charge >= 0.3 is 5.97 Å². The maximum Gasteiger partial charge on any atom is 0.325 e. The number of thiophene rings is 1. The Morgan fingerprint density at radius 3 is 2.53 bits per heavy atom. The summed E-state index contributed by atoms with van der Waals surface area (Å²) < 4.78 is 22.4. The van der Waals surface area contributed by atoms with Crippen LogP contribution >= 0.6 is 11.3 Å². The third-order valence-corrected chi connectivity index (χ3v) is 6.40. The second-order valence-electron chi connectivity index (χ2n) is 3.33. The first-order chi connectivity index (χ1) is 6.86. The molecule has 1 rings (SSSR count). The minimum Gasteiger partial charge on any atom is -0.480 e. The van der Waals surface area contributed by atoms with Crippen molar-refractivity contribution in [2.24, 2.45) is 0 Å². The van der Waals surface area contributed by atoms with Crippen LogP contribution in [0.4, 0.5) is 0 Å². The van der Waals surface area contributed by atoms with E-state index in [1.807, 2.05) is 0 Å². The maximum absolute atomic E-state index is 12.0. The molecule has 0 saturated carbocycles. The first-order valence-electron chi connectivity index (χ1n) is 4.38. The normalized spacial score (nSPS) is 15.9. The second-order valence-corrected chi connectivity index (χ2v) is 6.88. The molecule has 0 bridgehead atoms. The van der Waals surface area contributed by atoms with E-state index in [0.717, 1.165) is 11.3 Å². The molecular formula is C9H12O4S2. The fraction of sp³-hybridized carbons (Fsp3) is 0.444. The summed E-state index contributed by atoms with van der Waals surface area (Å²) >= 11 is 1.04. The Bertz CT molecular complexity index is 446. The van der Waals surface area contributed by atoms with Gasteiger partial charge in [0.1, 0.15) is 4.21 Å². The Hall–Kier alpha value is -0.880. The number of hydrogen-bond acceptors (Lipinski definition) is 4. The molecule has 0 amide bonds. The molecular weight excluding hydrogens is 236 g/mol. The zero-order valence-corrected chi connectivity index (χ0v) is 10.1. The van der Waals surface area contributed by atoms with Crippen LogP contribution in [-0.4, -0.2) is 24.2 Å². The molecule has 4 nitrogen and oxygen atoms in total. The van der Waals surface area contributed by atoms with Gasteiger partial charge in [0.25, 0.3) is 0 Å². The van der Waals surface area contributed by atoms with Gasteiger partial charge in [0.05, 0.1) is 0 Å². The molecule has 1 heterocycles. The maximum atomic E-state index is 12.0. The van der Waals surface area contributed by atoms with E-state index in [-0.39, 0.29) is 10.6 Å². The average Bonchev–Trinajstić information content (AvgIpc) is 2.68. The van der Waals surface area contributed by atoms with E-state index in [0.29, 0.717) is 0 Å². The number of sulfone groups is 1. The van der Waals surface area contributed by atoms with Crippen molar-refractivity contribution >= 4 is 27.1 Å². The number of rotatable bonds is 4. The number of carboxylic acids is 1. The molecule has 1 aromatic heterocycles. The largest absolute Gasteiger partial charge is 0.480 e. The molecule has 0 aromatic carbocycles. The van der Waals surface area contributed by atoms with Crippen molar-refractivity contribution < 1.29 is 18.3 Å². The number of aliphatic carboxylic acids is 1. The third-order valence-electron chi connectivity index (χ3n) is 2.48. The van der Waals surface area contributed by atoms with Gasteiger partial charge < -0.3 is 5.11 Å². The summed E-state index contributed by atoms with van der Waals surface area (Å²) in [6.07, 6.45) is 0.0442. The molecule has 6 heteroatoms. The van der Waals surface area contributed by atoms with Crippen molar-refractivity contribution in [3.8, 4) is 0 Å². The summed E-state index contributed by atoms with van der Waals surface area (Å²) in [6, 6.07) is 3.02. The highest BCUT2D eigenvalue weighted by molar-refractivity contribution is 7.95. The van der Waals surface area contributed by atoms with Crippen LogP contribution < -0.4 is 0 Å². The van der Waals surface area contributed by atoms with Crippen LogP contribution in [0.2, 0.25) is 0 Å². The second kappa shape index (κ2) is 3.94. The van der Waals surface area contributed by atoms with Gasteiger partial charge in [-0.05, 0) is 24.8 Å². The lowest BCUT2D eigenvalue weighted by Gasteiger charge is -2.21. The van der Waals surface area contributed by atoms with Crippen molar-refractivity contribution in [1.82, 2.24) is 0 Å². The number of carbonyl (C=O) groups is 1. The van der Waals surface area contributed by atoms with Crippen LogP contribution in [0, 0.1) is 0 Å². The summed E-state index contributed by atoms with van der Waals surface area (Å²) in [5, 5.41) is 10.6. The Morgan fingerprint density at radius 1 is 1.60 bits per heavy atom. The van der Waals surface area contributed by atoms with Gasteiger partial charge in [-0.2, -0.15) is 0 Å². The predicted molar refractivity (Wildman–Crippen MR) is 57.8 cm³/mol. The predicted octanol–water partition coefficient (Wildman–Crippen LogP) is 1.78. The van der Waals surface area contributed by atoms with Crippen molar-refractivity contribution in [2.75, 3.05) is 0 Å². The van der Waals surface area contributed by atoms with Crippen molar-refractivity contribution in [3.63, 3.8) is 0 Å². The van der Waals surface area contributed by atoms with Gasteiger partial charge in [0.2, 0.25) is 9.84 Å². The van der Waals surface area contributed by atoms with Crippen molar-refractivity contribution in [2.45, 2.75) is 29.2 Å². The highest BCUT2D eigenvalue weighted by Crippen LogP contribution is 2.31. The molecule has 1 unspecified atom stereocenters. The SMILES string of the molecule is CCC(C)(C(=O)O)S(=O)(=O)c1cccs1. The summed E-state index contributed by atoms with van der Waals surface area (Å²) in [6.45, 7) is 2.80. The molecule has 1 N–H and O–H groups in total. The Kier molecular flexibility index (Phi) is 3.20. The molecule has 15 heavy (non-hydrogen) atoms. The van der Waals surface area contributed by atoms with E-state index in [1.54, 1.807) is 18.4 Å². The van der Waals surface area contributed by atoms with E-state index >= 15 is 0 Å². The zero-order valence-electron chi connectivity index (χ0n) is 8.43. The first-order valence-corrected chi connectivity index (χ1v) is 6.74. The van der Waals surface area contributed by atoms with E-state index < -0.39 is 20.6 Å². The molecule has 1 atom stereocenters. The quantitative estimate of drug-likeness (QED) is 0.881. The Balaban J connectivity index is 3.33. The number of hydrogen-bond donors (Lipinski definition) is 1. The first kappa shape index (κ1) is 12.2. The van der Waals surface area contributed by atoms with Gasteiger partial charge in [-0.1, -0.05) is 13.0 Å². The highest BCUT2D eigenvalue weighted by atomic mass is 32.2. The standard InChI is InChI=1S/C9H12O4S2/c1-3-9(2,8(10)11)15(12,13)7-5-4-6-14-7/h4-6H,3H2,1-2H3,(H,10,11). The van der Waals surface area contributed by atoms with Crippen LogP contribution in [0.15, 0.2) is 21.7 Å². The smallest absolute Gasteiger partial charge is 0.325 e. The molecule has 1 aromatic rings. The molecule has 0 fully saturated rings. The van der Waals surface area contributed by atoms with E-state index in [2.05, 4.69) is 0 Å². The zero-order chi connectivity index (χ0) is 11.7. The average molecular weight is 248 g/mol. The highest BCUT2D eigenvalue weighted by Gasteiger charge is 2.46. The fourth-order valence-corrected chi connectivity index (χ4v) is 4.08. The lowest BCUT2D eigenvalue weighted by Crippen LogP contribution is -2.42. The van der Waals surface area contributed by atoms with Gasteiger partial charge in [-0.3, -0.25) is 4.79 Å². The Morgan fingerprint density at radius 2 is 2.20 bits per heavy atom. The minimum atomic E-state index is -3.79. The summed E-state index contributed by atoms with van der Waals surface area (Å²) in [5.41, 5.74) is 0. The van der Waals surface area contributed by atoms with Crippen LogP contribution in [0.1, 0.15) is 20.3 Å². The molecule has 84 valence electrons. The summed E-state index contributed by atoms with van der Waals surface area (Å²) in [4.78, 5) is 11.0. The van der Waals surface area contributed by atoms with Crippen LogP contribution in [0.3, 0.4) is 0 Å². The van der Waals surface area contributed by atoms with Gasteiger partial charge in [-0.25, -0.2) is 8.42 Å². The van der Waals surface area contributed by atoms with Gasteiger partial charge in [-0.15, -0.1) is 11.3 Å². The van der Waals surface area contributed by atoms with Crippen LogP contribution in [0.25, 0.3) is 0 Å². The molecule has 0 aliphatic rings. The lowest BCUT2D eigenvalue weighted by molar-refractivity contribution is -0.139. The monoisotopic (exact) mass is 248 g/mol. The van der Waals surface area contributed by atoms with Crippen LogP contribution in [-0.2, 0) is 14.6 Å². The molecule has 0 spiro atoms. The Labute approximate surface area is 92.5 Å². The molecule has 0 saturated heterocycles. The third kappa shape index (κ3) is 1.79. The fourth-order valence-electron chi connectivity index (χ4n) is 1.09. The van der Waals surface area contributed by atoms with Crippen molar-refractivity contribution in [1.29, 1.82) is 0 Å². The van der Waals surface area contributed by atoms with Gasteiger partial charge in [0, 0.05) is 0 Å².